The maximum absolute atomic E-state index is 5.66. The number of rotatable bonds is 12. The fourth-order valence-corrected chi connectivity index (χ4v) is 3.92. The van der Waals surface area contributed by atoms with Gasteiger partial charge in [-0.25, -0.2) is 0 Å². The maximum atomic E-state index is 5.66. The number of furan rings is 1. The molecule has 0 aliphatic carbocycles. The zero-order valence-electron chi connectivity index (χ0n) is 19.4. The zero-order chi connectivity index (χ0) is 22.5. The van der Waals surface area contributed by atoms with Crippen LogP contribution in [0, 0.1) is 0 Å². The van der Waals surface area contributed by atoms with Crippen molar-refractivity contribution >= 4 is 5.96 Å². The molecule has 1 aromatic heterocycles. The van der Waals surface area contributed by atoms with Crippen molar-refractivity contribution in [1.82, 2.24) is 16.0 Å². The van der Waals surface area contributed by atoms with Crippen LogP contribution in [0.4, 0.5) is 0 Å². The largest absolute Gasteiger partial charge is 0.467 e. The van der Waals surface area contributed by atoms with Gasteiger partial charge in [-0.1, -0.05) is 30.3 Å². The van der Waals surface area contributed by atoms with Crippen molar-refractivity contribution in [3.05, 3.63) is 60.1 Å². The Bertz CT molecular complexity index is 774. The van der Waals surface area contributed by atoms with Gasteiger partial charge >= 0.3 is 0 Å². The van der Waals surface area contributed by atoms with E-state index >= 15 is 0 Å². The molecular weight excluding hydrogens is 404 g/mol. The van der Waals surface area contributed by atoms with E-state index in [9.17, 15) is 0 Å². The molecule has 1 aliphatic rings. The lowest BCUT2D eigenvalue weighted by Gasteiger charge is -2.39. The second-order valence-electron chi connectivity index (χ2n) is 8.28. The molecular formula is C25H38N4O3. The van der Waals surface area contributed by atoms with E-state index < -0.39 is 0 Å². The van der Waals surface area contributed by atoms with Crippen LogP contribution in [0.1, 0.15) is 50.5 Å². The molecule has 0 spiro atoms. The minimum atomic E-state index is -0.0674. The van der Waals surface area contributed by atoms with E-state index in [0.717, 1.165) is 57.3 Å². The molecule has 3 N–H and O–H groups in total. The number of nitrogens with one attached hydrogen (secondary N) is 3. The van der Waals surface area contributed by atoms with Gasteiger partial charge in [0.15, 0.2) is 5.96 Å². The SMILES string of the molecule is CCNC(=NCC1(NC(C)c2ccccc2)CCOCC1)NCCCOCc1ccco1. The first-order valence-corrected chi connectivity index (χ1v) is 11.7. The zero-order valence-corrected chi connectivity index (χ0v) is 19.4. The third-order valence-electron chi connectivity index (χ3n) is 5.74. The number of hydrogen-bond donors (Lipinski definition) is 3. The molecule has 1 fully saturated rings. The lowest BCUT2D eigenvalue weighted by atomic mass is 9.88. The Kier molecular flexibility index (Phi) is 10.1. The number of benzene rings is 1. The Morgan fingerprint density at radius 2 is 1.94 bits per heavy atom. The summed E-state index contributed by atoms with van der Waals surface area (Å²) in [5, 5.41) is 10.7. The Morgan fingerprint density at radius 1 is 1.12 bits per heavy atom. The Hall–Kier alpha value is -2.35. The molecule has 2 heterocycles. The van der Waals surface area contributed by atoms with Crippen LogP contribution in [0.15, 0.2) is 58.1 Å². The molecule has 32 heavy (non-hydrogen) atoms. The van der Waals surface area contributed by atoms with Gasteiger partial charge in [0.05, 0.1) is 12.8 Å². The highest BCUT2D eigenvalue weighted by molar-refractivity contribution is 5.79. The van der Waals surface area contributed by atoms with E-state index in [1.165, 1.54) is 5.56 Å². The lowest BCUT2D eigenvalue weighted by molar-refractivity contribution is 0.0374. The van der Waals surface area contributed by atoms with Crippen LogP contribution in [-0.4, -0.2) is 51.0 Å². The summed E-state index contributed by atoms with van der Waals surface area (Å²) in [6.07, 6.45) is 4.47. The normalized spacial score (nSPS) is 17.1. The number of guanidine groups is 1. The molecule has 3 rings (SSSR count). The lowest BCUT2D eigenvalue weighted by Crippen LogP contribution is -2.53. The molecule has 0 bridgehead atoms. The number of aliphatic imine (C=N–C) groups is 1. The van der Waals surface area contributed by atoms with Crippen molar-refractivity contribution in [2.24, 2.45) is 4.99 Å². The molecule has 1 saturated heterocycles. The topological polar surface area (TPSA) is 80.1 Å². The molecule has 1 atom stereocenters. The summed E-state index contributed by atoms with van der Waals surface area (Å²) in [5.74, 6) is 1.70. The minimum Gasteiger partial charge on any atom is -0.467 e. The standard InChI is InChI=1S/C25H38N4O3/c1-3-26-24(27-14-8-15-31-19-23-11-7-16-32-23)28-20-25(12-17-30-18-13-25)29-21(2)22-9-5-4-6-10-22/h4-7,9-11,16,21,29H,3,8,12-15,17-20H2,1-2H3,(H2,26,27,28). The van der Waals surface area contributed by atoms with Gasteiger partial charge in [-0.3, -0.25) is 4.99 Å². The third-order valence-corrected chi connectivity index (χ3v) is 5.74. The van der Waals surface area contributed by atoms with Gasteiger partial charge in [0, 0.05) is 44.5 Å². The summed E-state index contributed by atoms with van der Waals surface area (Å²) >= 11 is 0. The van der Waals surface area contributed by atoms with Crippen molar-refractivity contribution in [1.29, 1.82) is 0 Å². The average Bonchev–Trinajstić information content (AvgIpc) is 3.34. The van der Waals surface area contributed by atoms with Crippen LogP contribution < -0.4 is 16.0 Å². The first-order chi connectivity index (χ1) is 15.7. The van der Waals surface area contributed by atoms with Gasteiger partial charge in [0.1, 0.15) is 12.4 Å². The monoisotopic (exact) mass is 442 g/mol. The summed E-state index contributed by atoms with van der Waals surface area (Å²) in [5.41, 5.74) is 1.23. The second-order valence-corrected chi connectivity index (χ2v) is 8.28. The van der Waals surface area contributed by atoms with E-state index in [2.05, 4.69) is 60.1 Å². The summed E-state index contributed by atoms with van der Waals surface area (Å²) < 4.78 is 16.6. The van der Waals surface area contributed by atoms with Crippen molar-refractivity contribution in [2.45, 2.75) is 51.3 Å². The minimum absolute atomic E-state index is 0.0674. The summed E-state index contributed by atoms with van der Waals surface area (Å²) in [6, 6.07) is 14.6. The quantitative estimate of drug-likeness (QED) is 0.265. The van der Waals surface area contributed by atoms with Crippen LogP contribution in [0.5, 0.6) is 0 Å². The first kappa shape index (κ1) is 24.3. The van der Waals surface area contributed by atoms with Crippen molar-refractivity contribution < 1.29 is 13.9 Å². The molecule has 176 valence electrons. The van der Waals surface area contributed by atoms with Gasteiger partial charge in [-0.05, 0) is 50.8 Å². The molecule has 2 aromatic rings. The van der Waals surface area contributed by atoms with Crippen LogP contribution in [-0.2, 0) is 16.1 Å². The van der Waals surface area contributed by atoms with E-state index in [4.69, 9.17) is 18.9 Å². The Labute approximate surface area is 192 Å². The molecule has 0 amide bonds. The van der Waals surface area contributed by atoms with Gasteiger partial charge in [0.2, 0.25) is 0 Å². The molecule has 0 radical (unpaired) electrons. The van der Waals surface area contributed by atoms with E-state index in [-0.39, 0.29) is 11.6 Å². The predicted molar refractivity (Wildman–Crippen MR) is 128 cm³/mol. The molecule has 1 aromatic carbocycles. The molecule has 1 unspecified atom stereocenters. The predicted octanol–water partition coefficient (Wildman–Crippen LogP) is 3.64. The van der Waals surface area contributed by atoms with Crippen LogP contribution in [0.25, 0.3) is 0 Å². The molecule has 7 nitrogen and oxygen atoms in total. The number of nitrogens with zero attached hydrogens (tertiary/aromatic N) is 1. The van der Waals surface area contributed by atoms with Gasteiger partial charge < -0.3 is 29.8 Å². The van der Waals surface area contributed by atoms with Gasteiger partial charge in [0.25, 0.3) is 0 Å². The van der Waals surface area contributed by atoms with Gasteiger partial charge in [-0.15, -0.1) is 0 Å². The maximum Gasteiger partial charge on any atom is 0.191 e. The summed E-state index contributed by atoms with van der Waals surface area (Å²) in [7, 11) is 0. The van der Waals surface area contributed by atoms with Crippen molar-refractivity contribution in [3.63, 3.8) is 0 Å². The number of ether oxygens (including phenoxy) is 2. The summed E-state index contributed by atoms with van der Waals surface area (Å²) in [4.78, 5) is 4.94. The average molecular weight is 443 g/mol. The van der Waals surface area contributed by atoms with Crippen LogP contribution in [0.3, 0.4) is 0 Å². The molecule has 0 saturated carbocycles. The fourth-order valence-electron chi connectivity index (χ4n) is 3.92. The Morgan fingerprint density at radius 3 is 2.66 bits per heavy atom. The van der Waals surface area contributed by atoms with E-state index in [1.807, 2.05) is 12.1 Å². The smallest absolute Gasteiger partial charge is 0.191 e. The number of hydrogen-bond acceptors (Lipinski definition) is 5. The highest BCUT2D eigenvalue weighted by Gasteiger charge is 2.34. The first-order valence-electron chi connectivity index (χ1n) is 11.7. The fraction of sp³-hybridized carbons (Fsp3) is 0.560. The molecule has 1 aliphatic heterocycles. The van der Waals surface area contributed by atoms with E-state index in [1.54, 1.807) is 6.26 Å². The molecule has 7 heteroatoms. The Balaban J connectivity index is 1.50. The van der Waals surface area contributed by atoms with Crippen LogP contribution >= 0.6 is 0 Å². The second kappa shape index (κ2) is 13.3. The third kappa shape index (κ3) is 7.97. The highest BCUT2D eigenvalue weighted by atomic mass is 16.5. The highest BCUT2D eigenvalue weighted by Crippen LogP contribution is 2.26. The van der Waals surface area contributed by atoms with Crippen LogP contribution in [0.2, 0.25) is 0 Å². The summed E-state index contributed by atoms with van der Waals surface area (Å²) in [6.45, 7) is 9.35. The van der Waals surface area contributed by atoms with E-state index in [0.29, 0.717) is 19.8 Å². The van der Waals surface area contributed by atoms with Gasteiger partial charge in [-0.2, -0.15) is 0 Å². The van der Waals surface area contributed by atoms with Crippen molar-refractivity contribution in [2.75, 3.05) is 39.5 Å². The van der Waals surface area contributed by atoms with Crippen molar-refractivity contribution in [3.8, 4) is 0 Å².